The maximum absolute atomic E-state index is 13.8. The van der Waals surface area contributed by atoms with Gasteiger partial charge in [-0.15, -0.1) is 0 Å². The molecule has 4 aromatic rings. The molecular weight excluding hydrogens is 404 g/mol. The summed E-state index contributed by atoms with van der Waals surface area (Å²) in [5.41, 5.74) is 3.14. The molecule has 0 radical (unpaired) electrons. The zero-order valence-electron chi connectivity index (χ0n) is 17.6. The Morgan fingerprint density at radius 3 is 2.50 bits per heavy atom. The molecule has 1 aliphatic heterocycles. The number of carbonyl (C=O) groups excluding carboxylic acids is 2. The fourth-order valence-electron chi connectivity index (χ4n) is 4.28. The minimum atomic E-state index is -1.07. The molecule has 5 rings (SSSR count). The Kier molecular flexibility index (Phi) is 5.15. The molecule has 7 heteroatoms. The molecule has 2 unspecified atom stereocenters. The van der Waals surface area contributed by atoms with E-state index in [0.29, 0.717) is 18.2 Å². The Labute approximate surface area is 185 Å². The molecule has 32 heavy (non-hydrogen) atoms. The monoisotopic (exact) mass is 426 g/mol. The fraction of sp³-hybridized carbons (Fsp3) is 0.200. The topological polar surface area (TPSA) is 77.3 Å². The third-order valence-corrected chi connectivity index (χ3v) is 5.66. The Morgan fingerprint density at radius 1 is 1.00 bits per heavy atom. The number of fused-ring (bicyclic) bond motifs is 3. The predicted molar refractivity (Wildman–Crippen MR) is 120 cm³/mol. The minimum Gasteiger partial charge on any atom is -0.465 e. The van der Waals surface area contributed by atoms with Crippen molar-refractivity contribution in [2.75, 3.05) is 11.5 Å². The van der Waals surface area contributed by atoms with Crippen LogP contribution in [0.3, 0.4) is 0 Å². The molecule has 3 heterocycles. The van der Waals surface area contributed by atoms with Gasteiger partial charge in [-0.1, -0.05) is 48.5 Å². The highest BCUT2D eigenvalue weighted by Crippen LogP contribution is 2.41. The van der Waals surface area contributed by atoms with Gasteiger partial charge in [0.1, 0.15) is 6.04 Å². The van der Waals surface area contributed by atoms with Crippen LogP contribution in [-0.2, 0) is 20.9 Å². The molecule has 1 aliphatic rings. The van der Waals surface area contributed by atoms with Crippen molar-refractivity contribution in [2.24, 2.45) is 5.92 Å². The highest BCUT2D eigenvalue weighted by Gasteiger charge is 2.48. The molecule has 0 aliphatic carbocycles. The number of hydrogen-bond donors (Lipinski definition) is 0. The molecule has 1 amide bonds. The molecule has 0 saturated heterocycles. The fourth-order valence-corrected chi connectivity index (χ4v) is 4.28. The summed E-state index contributed by atoms with van der Waals surface area (Å²) in [6.45, 7) is 2.22. The molecule has 7 nitrogen and oxygen atoms in total. The van der Waals surface area contributed by atoms with E-state index in [-0.39, 0.29) is 12.5 Å². The maximum Gasteiger partial charge on any atom is 0.321 e. The van der Waals surface area contributed by atoms with Gasteiger partial charge in [-0.2, -0.15) is 0 Å². The SMILES string of the molecule is CCOC(=O)C1C(=O)N(Cc2ccccc2)c2nc3ccccc3n2C1c1ccccn1. The van der Waals surface area contributed by atoms with Gasteiger partial charge in [0, 0.05) is 6.20 Å². The summed E-state index contributed by atoms with van der Waals surface area (Å²) < 4.78 is 7.31. The van der Waals surface area contributed by atoms with Gasteiger partial charge >= 0.3 is 5.97 Å². The van der Waals surface area contributed by atoms with Crippen molar-refractivity contribution in [3.8, 4) is 0 Å². The summed E-state index contributed by atoms with van der Waals surface area (Å²) in [5, 5.41) is 0. The quantitative estimate of drug-likeness (QED) is 0.359. The number of anilines is 1. The first-order valence-electron chi connectivity index (χ1n) is 10.6. The van der Waals surface area contributed by atoms with E-state index in [1.807, 2.05) is 77.4 Å². The third-order valence-electron chi connectivity index (χ3n) is 5.66. The van der Waals surface area contributed by atoms with Crippen LogP contribution < -0.4 is 4.90 Å². The number of benzene rings is 2. The van der Waals surface area contributed by atoms with Gasteiger partial charge in [-0.25, -0.2) is 4.98 Å². The molecule has 0 N–H and O–H groups in total. The summed E-state index contributed by atoms with van der Waals surface area (Å²) in [6.07, 6.45) is 1.66. The molecule has 0 saturated carbocycles. The number of esters is 1. The number of hydrogen-bond acceptors (Lipinski definition) is 5. The van der Waals surface area contributed by atoms with E-state index in [1.54, 1.807) is 18.0 Å². The number of rotatable bonds is 5. The standard InChI is InChI=1S/C25H22N4O3/c1-2-32-24(31)21-22(19-13-8-9-15-26-19)29-20-14-7-6-12-18(20)27-25(29)28(23(21)30)16-17-10-4-3-5-11-17/h3-15,21-22H,2,16H2,1H3. The Hall–Kier alpha value is -4.00. The van der Waals surface area contributed by atoms with Crippen molar-refractivity contribution in [1.82, 2.24) is 14.5 Å². The number of para-hydroxylation sites is 2. The number of ether oxygens (including phenoxy) is 1. The first kappa shape index (κ1) is 19.9. The molecular formula is C25H22N4O3. The van der Waals surface area contributed by atoms with Gasteiger partial charge in [-0.05, 0) is 36.8 Å². The summed E-state index contributed by atoms with van der Waals surface area (Å²) in [4.78, 5) is 37.8. The maximum atomic E-state index is 13.8. The number of imidazole rings is 1. The van der Waals surface area contributed by atoms with E-state index < -0.39 is 17.9 Å². The number of aromatic nitrogens is 3. The molecule has 160 valence electrons. The van der Waals surface area contributed by atoms with Gasteiger partial charge in [0.25, 0.3) is 0 Å². The number of pyridine rings is 1. The second-order valence-electron chi connectivity index (χ2n) is 7.61. The van der Waals surface area contributed by atoms with Gasteiger partial charge in [0.2, 0.25) is 11.9 Å². The lowest BCUT2D eigenvalue weighted by molar-refractivity contribution is -0.153. The zero-order valence-corrected chi connectivity index (χ0v) is 17.6. The van der Waals surface area contributed by atoms with Gasteiger partial charge in [0.05, 0.1) is 29.9 Å². The average Bonchev–Trinajstić information content (AvgIpc) is 3.21. The Bertz CT molecular complexity index is 1270. The largest absolute Gasteiger partial charge is 0.465 e. The number of amides is 1. The highest BCUT2D eigenvalue weighted by atomic mass is 16.5. The lowest BCUT2D eigenvalue weighted by Gasteiger charge is -2.37. The third kappa shape index (κ3) is 3.32. The highest BCUT2D eigenvalue weighted by molar-refractivity contribution is 6.08. The minimum absolute atomic E-state index is 0.188. The number of carbonyl (C=O) groups is 2. The molecule has 2 atom stereocenters. The van der Waals surface area contributed by atoms with Crippen molar-refractivity contribution in [3.63, 3.8) is 0 Å². The van der Waals surface area contributed by atoms with Crippen LogP contribution in [0, 0.1) is 5.92 Å². The first-order chi connectivity index (χ1) is 15.7. The number of nitrogens with zero attached hydrogens (tertiary/aromatic N) is 4. The van der Waals surface area contributed by atoms with Crippen LogP contribution in [-0.4, -0.2) is 33.0 Å². The van der Waals surface area contributed by atoms with Crippen LogP contribution in [0.5, 0.6) is 0 Å². The second kappa shape index (κ2) is 8.26. The van der Waals surface area contributed by atoms with E-state index in [9.17, 15) is 9.59 Å². The lowest BCUT2D eigenvalue weighted by atomic mass is 9.92. The Morgan fingerprint density at radius 2 is 1.75 bits per heavy atom. The predicted octanol–water partition coefficient (Wildman–Crippen LogP) is 3.75. The summed E-state index contributed by atoms with van der Waals surface area (Å²) in [5.74, 6) is -1.48. The van der Waals surface area contributed by atoms with Crippen molar-refractivity contribution >= 4 is 28.9 Å². The molecule has 0 spiro atoms. The van der Waals surface area contributed by atoms with Gasteiger partial charge in [0.15, 0.2) is 5.92 Å². The zero-order chi connectivity index (χ0) is 22.1. The van der Waals surface area contributed by atoms with E-state index >= 15 is 0 Å². The summed E-state index contributed by atoms with van der Waals surface area (Å²) in [7, 11) is 0. The molecule has 2 aromatic carbocycles. The van der Waals surface area contributed by atoms with Crippen LogP contribution in [0.15, 0.2) is 79.0 Å². The smallest absolute Gasteiger partial charge is 0.321 e. The summed E-state index contributed by atoms with van der Waals surface area (Å²) in [6, 6.07) is 22.2. The molecule has 0 bridgehead atoms. The second-order valence-corrected chi connectivity index (χ2v) is 7.61. The Balaban J connectivity index is 1.75. The average molecular weight is 426 g/mol. The van der Waals surface area contributed by atoms with Gasteiger partial charge < -0.3 is 4.74 Å². The summed E-state index contributed by atoms with van der Waals surface area (Å²) >= 11 is 0. The molecule has 2 aromatic heterocycles. The van der Waals surface area contributed by atoms with E-state index in [1.165, 1.54) is 0 Å². The van der Waals surface area contributed by atoms with Crippen LogP contribution in [0.2, 0.25) is 0 Å². The molecule has 0 fully saturated rings. The van der Waals surface area contributed by atoms with E-state index in [4.69, 9.17) is 9.72 Å². The van der Waals surface area contributed by atoms with Crippen molar-refractivity contribution in [1.29, 1.82) is 0 Å². The van der Waals surface area contributed by atoms with Crippen molar-refractivity contribution in [3.05, 3.63) is 90.3 Å². The van der Waals surface area contributed by atoms with E-state index in [0.717, 1.165) is 16.6 Å². The normalized spacial score (nSPS) is 17.9. The first-order valence-corrected chi connectivity index (χ1v) is 10.6. The van der Waals surface area contributed by atoms with Crippen LogP contribution in [0.4, 0.5) is 5.95 Å². The lowest BCUT2D eigenvalue weighted by Crippen LogP contribution is -2.50. The van der Waals surface area contributed by atoms with Crippen LogP contribution in [0.1, 0.15) is 24.2 Å². The van der Waals surface area contributed by atoms with E-state index in [2.05, 4.69) is 4.98 Å². The van der Waals surface area contributed by atoms with Crippen molar-refractivity contribution in [2.45, 2.75) is 19.5 Å². The van der Waals surface area contributed by atoms with Crippen molar-refractivity contribution < 1.29 is 14.3 Å². The van der Waals surface area contributed by atoms with Crippen LogP contribution >= 0.6 is 0 Å². The van der Waals surface area contributed by atoms with Crippen LogP contribution in [0.25, 0.3) is 11.0 Å². The van der Waals surface area contributed by atoms with Gasteiger partial charge in [-0.3, -0.25) is 24.0 Å².